The third-order valence-electron chi connectivity index (χ3n) is 3.41. The number of anilines is 1. The van der Waals surface area contributed by atoms with Crippen LogP contribution in [-0.2, 0) is 24.2 Å². The van der Waals surface area contributed by atoms with Crippen LogP contribution in [0.3, 0.4) is 0 Å². The monoisotopic (exact) mass is 333 g/mol. The molecule has 0 saturated heterocycles. The van der Waals surface area contributed by atoms with Gasteiger partial charge in [-0.2, -0.15) is 0 Å². The van der Waals surface area contributed by atoms with Crippen LogP contribution in [0.5, 0.6) is 0 Å². The number of rotatable bonds is 3. The zero-order valence-electron chi connectivity index (χ0n) is 11.3. The number of nitrogens with one attached hydrogen (secondary N) is 1. The maximum absolute atomic E-state index is 5.49. The average Bonchev–Trinajstić information content (AvgIpc) is 2.49. The Morgan fingerprint density at radius 3 is 2.95 bits per heavy atom. The highest BCUT2D eigenvalue weighted by atomic mass is 79.9. The van der Waals surface area contributed by atoms with Crippen LogP contribution < -0.4 is 5.32 Å². The van der Waals surface area contributed by atoms with Crippen molar-refractivity contribution in [3.8, 4) is 0 Å². The Bertz CT molecular complexity index is 613. The van der Waals surface area contributed by atoms with Crippen molar-refractivity contribution in [3.63, 3.8) is 0 Å². The van der Waals surface area contributed by atoms with E-state index in [1.807, 2.05) is 25.2 Å². The predicted octanol–water partition coefficient (Wildman–Crippen LogP) is 2.94. The molecule has 104 valence electrons. The summed E-state index contributed by atoms with van der Waals surface area (Å²) in [5.74, 6) is 1.73. The zero-order chi connectivity index (χ0) is 13.9. The highest BCUT2D eigenvalue weighted by Crippen LogP contribution is 2.24. The smallest absolute Gasteiger partial charge is 0.135 e. The van der Waals surface area contributed by atoms with Crippen LogP contribution in [0.25, 0.3) is 0 Å². The molecule has 0 atom stereocenters. The van der Waals surface area contributed by atoms with Crippen LogP contribution in [0.15, 0.2) is 28.7 Å². The predicted molar refractivity (Wildman–Crippen MR) is 81.9 cm³/mol. The zero-order valence-corrected chi connectivity index (χ0v) is 12.9. The second-order valence-corrected chi connectivity index (χ2v) is 5.59. The largest absolute Gasteiger partial charge is 0.376 e. The first kappa shape index (κ1) is 13.5. The number of ether oxygens (including phenoxy) is 1. The molecule has 0 saturated carbocycles. The van der Waals surface area contributed by atoms with E-state index in [4.69, 9.17) is 9.72 Å². The average molecular weight is 334 g/mol. The molecule has 0 unspecified atom stereocenters. The van der Waals surface area contributed by atoms with Gasteiger partial charge in [-0.1, -0.05) is 34.1 Å². The first-order valence-electron chi connectivity index (χ1n) is 6.65. The first-order chi connectivity index (χ1) is 9.78. The normalized spacial score (nSPS) is 13.9. The Kier molecular flexibility index (Phi) is 3.98. The summed E-state index contributed by atoms with van der Waals surface area (Å²) in [6, 6.07) is 8.18. The van der Waals surface area contributed by atoms with E-state index in [1.54, 1.807) is 0 Å². The highest BCUT2D eigenvalue weighted by molar-refractivity contribution is 9.10. The molecule has 3 rings (SSSR count). The fourth-order valence-corrected chi connectivity index (χ4v) is 2.81. The third kappa shape index (κ3) is 2.69. The molecule has 1 N–H and O–H groups in total. The summed E-state index contributed by atoms with van der Waals surface area (Å²) >= 11 is 3.57. The topological polar surface area (TPSA) is 47.0 Å². The van der Waals surface area contributed by atoms with Gasteiger partial charge in [-0.25, -0.2) is 9.97 Å². The molecule has 4 nitrogen and oxygen atoms in total. The molecule has 0 bridgehead atoms. The van der Waals surface area contributed by atoms with Crippen LogP contribution in [0, 0.1) is 0 Å². The Morgan fingerprint density at radius 2 is 2.15 bits per heavy atom. The van der Waals surface area contributed by atoms with Crippen molar-refractivity contribution >= 4 is 21.7 Å². The SMILES string of the molecule is CNc1nc(Cc2ccccc2Br)nc2c1COCC2. The van der Waals surface area contributed by atoms with E-state index in [-0.39, 0.29) is 0 Å². The summed E-state index contributed by atoms with van der Waals surface area (Å²) in [5, 5.41) is 3.15. The molecule has 20 heavy (non-hydrogen) atoms. The number of aromatic nitrogens is 2. The van der Waals surface area contributed by atoms with Crippen LogP contribution >= 0.6 is 15.9 Å². The number of hydrogen-bond acceptors (Lipinski definition) is 4. The second-order valence-electron chi connectivity index (χ2n) is 4.73. The number of halogens is 1. The molecule has 5 heteroatoms. The second kappa shape index (κ2) is 5.89. The standard InChI is InChI=1S/C15H16BrN3O/c1-17-15-11-9-20-7-6-13(11)18-14(19-15)8-10-4-2-3-5-12(10)16/h2-5H,6-9H2,1H3,(H,17,18,19). The summed E-state index contributed by atoms with van der Waals surface area (Å²) in [6.45, 7) is 1.34. The minimum atomic E-state index is 0.598. The molecule has 0 spiro atoms. The van der Waals surface area contributed by atoms with Gasteiger partial charge in [-0.15, -0.1) is 0 Å². The van der Waals surface area contributed by atoms with Gasteiger partial charge in [-0.05, 0) is 11.6 Å². The number of nitrogens with zero attached hydrogens (tertiary/aromatic N) is 2. The minimum Gasteiger partial charge on any atom is -0.376 e. The number of hydrogen-bond donors (Lipinski definition) is 1. The van der Waals surface area contributed by atoms with Crippen molar-refractivity contribution in [2.24, 2.45) is 0 Å². The highest BCUT2D eigenvalue weighted by Gasteiger charge is 2.17. The summed E-state index contributed by atoms with van der Waals surface area (Å²) in [7, 11) is 1.89. The van der Waals surface area contributed by atoms with Gasteiger partial charge >= 0.3 is 0 Å². The van der Waals surface area contributed by atoms with E-state index in [2.05, 4.69) is 32.3 Å². The molecule has 0 radical (unpaired) electrons. The Hall–Kier alpha value is -1.46. The number of benzene rings is 1. The van der Waals surface area contributed by atoms with Crippen LogP contribution in [-0.4, -0.2) is 23.6 Å². The summed E-state index contributed by atoms with van der Waals surface area (Å²) in [6.07, 6.45) is 1.58. The fourth-order valence-electron chi connectivity index (χ4n) is 2.38. The lowest BCUT2D eigenvalue weighted by Crippen LogP contribution is -2.17. The van der Waals surface area contributed by atoms with E-state index < -0.39 is 0 Å². The summed E-state index contributed by atoms with van der Waals surface area (Å²) in [4.78, 5) is 9.32. The molecule has 2 heterocycles. The summed E-state index contributed by atoms with van der Waals surface area (Å²) in [5.41, 5.74) is 3.40. The molecule has 1 aromatic heterocycles. The van der Waals surface area contributed by atoms with Crippen molar-refractivity contribution in [1.82, 2.24) is 9.97 Å². The molecular weight excluding hydrogens is 318 g/mol. The van der Waals surface area contributed by atoms with E-state index in [0.29, 0.717) is 6.61 Å². The molecule has 0 amide bonds. The van der Waals surface area contributed by atoms with Gasteiger partial charge in [0, 0.05) is 29.9 Å². The van der Waals surface area contributed by atoms with Gasteiger partial charge < -0.3 is 10.1 Å². The Labute approximate surface area is 126 Å². The maximum Gasteiger partial charge on any atom is 0.135 e. The van der Waals surface area contributed by atoms with E-state index in [0.717, 1.165) is 46.8 Å². The summed E-state index contributed by atoms with van der Waals surface area (Å²) < 4.78 is 6.58. The van der Waals surface area contributed by atoms with Crippen molar-refractivity contribution in [2.45, 2.75) is 19.4 Å². The number of fused-ring (bicyclic) bond motifs is 1. The van der Waals surface area contributed by atoms with Gasteiger partial charge in [0.25, 0.3) is 0 Å². The molecule has 0 fully saturated rings. The van der Waals surface area contributed by atoms with Crippen molar-refractivity contribution < 1.29 is 4.74 Å². The minimum absolute atomic E-state index is 0.598. The van der Waals surface area contributed by atoms with Crippen LogP contribution in [0.4, 0.5) is 5.82 Å². The van der Waals surface area contributed by atoms with E-state index in [9.17, 15) is 0 Å². The molecule has 0 aliphatic carbocycles. The van der Waals surface area contributed by atoms with Gasteiger partial charge in [-0.3, -0.25) is 0 Å². The Morgan fingerprint density at radius 1 is 1.30 bits per heavy atom. The Balaban J connectivity index is 1.96. The van der Waals surface area contributed by atoms with Gasteiger partial charge in [0.05, 0.1) is 18.9 Å². The lowest BCUT2D eigenvalue weighted by atomic mass is 10.1. The van der Waals surface area contributed by atoms with Gasteiger partial charge in [0.2, 0.25) is 0 Å². The maximum atomic E-state index is 5.49. The van der Waals surface area contributed by atoms with Crippen molar-refractivity contribution in [2.75, 3.05) is 19.0 Å². The lowest BCUT2D eigenvalue weighted by Gasteiger charge is -2.19. The van der Waals surface area contributed by atoms with Crippen LogP contribution in [0.1, 0.15) is 22.6 Å². The quantitative estimate of drug-likeness (QED) is 0.938. The molecule has 1 aromatic carbocycles. The van der Waals surface area contributed by atoms with Crippen LogP contribution in [0.2, 0.25) is 0 Å². The molecular formula is C15H16BrN3O. The molecule has 1 aliphatic heterocycles. The molecule has 2 aromatic rings. The van der Waals surface area contributed by atoms with Gasteiger partial charge in [0.1, 0.15) is 11.6 Å². The van der Waals surface area contributed by atoms with E-state index >= 15 is 0 Å². The first-order valence-corrected chi connectivity index (χ1v) is 7.45. The molecule has 1 aliphatic rings. The lowest BCUT2D eigenvalue weighted by molar-refractivity contribution is 0.109. The van der Waals surface area contributed by atoms with E-state index in [1.165, 1.54) is 5.56 Å². The fraction of sp³-hybridized carbons (Fsp3) is 0.333. The third-order valence-corrected chi connectivity index (χ3v) is 4.19. The van der Waals surface area contributed by atoms with Gasteiger partial charge in [0.15, 0.2) is 0 Å². The van der Waals surface area contributed by atoms with Crippen molar-refractivity contribution in [1.29, 1.82) is 0 Å². The van der Waals surface area contributed by atoms with Crippen molar-refractivity contribution in [3.05, 3.63) is 51.4 Å².